The summed E-state index contributed by atoms with van der Waals surface area (Å²) in [6, 6.07) is 21.5. The Morgan fingerprint density at radius 3 is 2.36 bits per heavy atom. The summed E-state index contributed by atoms with van der Waals surface area (Å²) in [7, 11) is 0. The highest BCUT2D eigenvalue weighted by atomic mass is 79.9. The Kier molecular flexibility index (Phi) is 4.50. The second kappa shape index (κ2) is 6.55. The van der Waals surface area contributed by atoms with E-state index in [1.807, 2.05) is 54.6 Å². The van der Waals surface area contributed by atoms with Crippen molar-refractivity contribution in [2.75, 3.05) is 5.73 Å². The van der Waals surface area contributed by atoms with Crippen LogP contribution in [0.5, 0.6) is 11.5 Å². The van der Waals surface area contributed by atoms with Gasteiger partial charge in [-0.05, 0) is 51.8 Å². The Bertz CT molecular complexity index is 818. The highest BCUT2D eigenvalue weighted by Gasteiger charge is 2.11. The summed E-state index contributed by atoms with van der Waals surface area (Å²) in [5.74, 6) is 1.48. The van der Waals surface area contributed by atoms with Crippen molar-refractivity contribution >= 4 is 37.5 Å². The third-order valence-corrected chi connectivity index (χ3v) is 4.30. The summed E-state index contributed by atoms with van der Waals surface area (Å²) in [6.07, 6.45) is 0. The van der Waals surface area contributed by atoms with Crippen molar-refractivity contribution in [1.29, 1.82) is 0 Å². The van der Waals surface area contributed by atoms with Gasteiger partial charge < -0.3 is 10.5 Å². The molecule has 0 aliphatic carbocycles. The molecule has 0 unspecified atom stereocenters. The number of hydrogen-bond acceptors (Lipinski definition) is 2. The molecule has 0 saturated carbocycles. The summed E-state index contributed by atoms with van der Waals surface area (Å²) in [5.41, 5.74) is 8.59. The first-order chi connectivity index (χ1) is 10.6. The lowest BCUT2D eigenvalue weighted by Gasteiger charge is -2.14. The van der Waals surface area contributed by atoms with E-state index in [1.54, 1.807) is 0 Å². The fourth-order valence-corrected chi connectivity index (χ4v) is 3.04. The third-order valence-electron chi connectivity index (χ3n) is 3.18. The van der Waals surface area contributed by atoms with E-state index in [0.717, 1.165) is 25.8 Å². The predicted octanol–water partition coefficient (Wildman–Crippen LogP) is 6.25. The van der Waals surface area contributed by atoms with E-state index >= 15 is 0 Å². The van der Waals surface area contributed by atoms with Crippen LogP contribution in [0, 0.1) is 0 Å². The fraction of sp³-hybridized carbons (Fsp3) is 0. The van der Waals surface area contributed by atoms with Crippen LogP contribution in [0.2, 0.25) is 0 Å². The minimum atomic E-state index is 0.675. The number of rotatable bonds is 3. The molecule has 0 radical (unpaired) electrons. The Morgan fingerprint density at radius 1 is 0.818 bits per heavy atom. The second-order valence-electron chi connectivity index (χ2n) is 4.80. The Hall–Kier alpha value is -1.78. The molecule has 0 fully saturated rings. The van der Waals surface area contributed by atoms with Gasteiger partial charge in [-0.15, -0.1) is 0 Å². The van der Waals surface area contributed by atoms with E-state index in [9.17, 15) is 0 Å². The molecule has 0 amide bonds. The minimum absolute atomic E-state index is 0.675. The monoisotopic (exact) mass is 417 g/mol. The molecule has 0 atom stereocenters. The average Bonchev–Trinajstić information content (AvgIpc) is 2.49. The maximum Gasteiger partial charge on any atom is 0.149 e. The second-order valence-corrected chi connectivity index (χ2v) is 6.57. The number of halogens is 2. The van der Waals surface area contributed by atoms with Gasteiger partial charge in [0, 0.05) is 21.8 Å². The van der Waals surface area contributed by atoms with Crippen LogP contribution < -0.4 is 10.5 Å². The lowest BCUT2D eigenvalue weighted by atomic mass is 10.0. The van der Waals surface area contributed by atoms with Crippen LogP contribution in [0.1, 0.15) is 0 Å². The van der Waals surface area contributed by atoms with Crippen LogP contribution in [0.3, 0.4) is 0 Å². The molecule has 2 nitrogen and oxygen atoms in total. The molecule has 22 heavy (non-hydrogen) atoms. The summed E-state index contributed by atoms with van der Waals surface area (Å²) in [5, 5.41) is 0. The van der Waals surface area contributed by atoms with Gasteiger partial charge in [-0.3, -0.25) is 0 Å². The first-order valence-corrected chi connectivity index (χ1v) is 8.30. The molecule has 0 aromatic heterocycles. The molecule has 3 aromatic carbocycles. The van der Waals surface area contributed by atoms with Crippen LogP contribution in [0.4, 0.5) is 5.69 Å². The van der Waals surface area contributed by atoms with E-state index in [0.29, 0.717) is 11.4 Å². The van der Waals surface area contributed by atoms with E-state index in [2.05, 4.69) is 44.0 Å². The van der Waals surface area contributed by atoms with Crippen LogP contribution >= 0.6 is 31.9 Å². The zero-order valence-corrected chi connectivity index (χ0v) is 14.8. The molecule has 2 N–H and O–H groups in total. The van der Waals surface area contributed by atoms with Crippen molar-refractivity contribution in [2.24, 2.45) is 0 Å². The molecule has 0 heterocycles. The highest BCUT2D eigenvalue weighted by molar-refractivity contribution is 9.10. The normalized spacial score (nSPS) is 10.5. The van der Waals surface area contributed by atoms with Crippen molar-refractivity contribution in [1.82, 2.24) is 0 Å². The SMILES string of the molecule is Nc1cccc(Oc2c(Br)cccc2-c2cccc(Br)c2)c1. The summed E-state index contributed by atoms with van der Waals surface area (Å²) in [4.78, 5) is 0. The first kappa shape index (κ1) is 15.1. The molecule has 0 aliphatic heterocycles. The van der Waals surface area contributed by atoms with Gasteiger partial charge in [-0.2, -0.15) is 0 Å². The lowest BCUT2D eigenvalue weighted by molar-refractivity contribution is 0.482. The minimum Gasteiger partial charge on any atom is -0.455 e. The Balaban J connectivity index is 2.07. The standard InChI is InChI=1S/C18H13Br2NO/c19-13-5-1-4-12(10-13)16-8-3-9-17(20)18(16)22-15-7-2-6-14(21)11-15/h1-11H,21H2. The van der Waals surface area contributed by atoms with E-state index in [1.165, 1.54) is 0 Å². The molecule has 0 aliphatic rings. The number of benzene rings is 3. The smallest absolute Gasteiger partial charge is 0.149 e. The number of anilines is 1. The van der Waals surface area contributed by atoms with Gasteiger partial charge in [0.05, 0.1) is 4.47 Å². The number of ether oxygens (including phenoxy) is 1. The molecule has 3 aromatic rings. The van der Waals surface area contributed by atoms with Gasteiger partial charge in [-0.25, -0.2) is 0 Å². The topological polar surface area (TPSA) is 35.2 Å². The van der Waals surface area contributed by atoms with E-state index < -0.39 is 0 Å². The molecule has 0 bridgehead atoms. The van der Waals surface area contributed by atoms with Crippen LogP contribution in [-0.2, 0) is 0 Å². The molecule has 110 valence electrons. The van der Waals surface area contributed by atoms with Gasteiger partial charge >= 0.3 is 0 Å². The van der Waals surface area contributed by atoms with Crippen LogP contribution in [0.15, 0.2) is 75.7 Å². The van der Waals surface area contributed by atoms with Crippen molar-refractivity contribution in [2.45, 2.75) is 0 Å². The van der Waals surface area contributed by atoms with Gasteiger partial charge in [0.2, 0.25) is 0 Å². The molecule has 0 spiro atoms. The summed E-state index contributed by atoms with van der Waals surface area (Å²) >= 11 is 7.08. The lowest BCUT2D eigenvalue weighted by Crippen LogP contribution is -1.91. The van der Waals surface area contributed by atoms with Gasteiger partial charge in [0.1, 0.15) is 11.5 Å². The van der Waals surface area contributed by atoms with E-state index in [-0.39, 0.29) is 0 Å². The molecular formula is C18H13Br2NO. The Morgan fingerprint density at radius 2 is 1.59 bits per heavy atom. The zero-order valence-electron chi connectivity index (χ0n) is 11.6. The van der Waals surface area contributed by atoms with Gasteiger partial charge in [-0.1, -0.05) is 46.3 Å². The average molecular weight is 419 g/mol. The number of nitrogen functional groups attached to an aromatic ring is 1. The molecule has 0 saturated heterocycles. The van der Waals surface area contributed by atoms with Gasteiger partial charge in [0.15, 0.2) is 0 Å². The van der Waals surface area contributed by atoms with Crippen molar-refractivity contribution < 1.29 is 4.74 Å². The van der Waals surface area contributed by atoms with Crippen molar-refractivity contribution in [3.05, 3.63) is 75.7 Å². The first-order valence-electron chi connectivity index (χ1n) is 6.71. The number of nitrogens with two attached hydrogens (primary N) is 1. The fourth-order valence-electron chi connectivity index (χ4n) is 2.19. The number of hydrogen-bond donors (Lipinski definition) is 1. The number of para-hydroxylation sites is 1. The quantitative estimate of drug-likeness (QED) is 0.510. The molecule has 3 rings (SSSR count). The van der Waals surface area contributed by atoms with Crippen molar-refractivity contribution in [3.8, 4) is 22.6 Å². The largest absolute Gasteiger partial charge is 0.455 e. The summed E-state index contributed by atoms with van der Waals surface area (Å²) in [6.45, 7) is 0. The molecular weight excluding hydrogens is 406 g/mol. The van der Waals surface area contributed by atoms with Gasteiger partial charge in [0.25, 0.3) is 0 Å². The van der Waals surface area contributed by atoms with Crippen LogP contribution in [0.25, 0.3) is 11.1 Å². The van der Waals surface area contributed by atoms with E-state index in [4.69, 9.17) is 10.5 Å². The van der Waals surface area contributed by atoms with Crippen molar-refractivity contribution in [3.63, 3.8) is 0 Å². The van der Waals surface area contributed by atoms with Crippen LogP contribution in [-0.4, -0.2) is 0 Å². The highest BCUT2D eigenvalue weighted by Crippen LogP contribution is 2.40. The molecule has 4 heteroatoms. The third kappa shape index (κ3) is 3.34. The predicted molar refractivity (Wildman–Crippen MR) is 98.2 cm³/mol. The summed E-state index contributed by atoms with van der Waals surface area (Å²) < 4.78 is 8.00. The maximum atomic E-state index is 6.07. The Labute approximate surface area is 146 Å². The zero-order chi connectivity index (χ0) is 15.5. The maximum absolute atomic E-state index is 6.07.